The fourth-order valence-electron chi connectivity index (χ4n) is 1.69. The highest BCUT2D eigenvalue weighted by atomic mass is 19.2. The van der Waals surface area contributed by atoms with Gasteiger partial charge in [-0.25, -0.2) is 18.0 Å². The highest BCUT2D eigenvalue weighted by Gasteiger charge is 2.15. The van der Waals surface area contributed by atoms with E-state index in [1.54, 1.807) is 6.92 Å². The number of halogens is 3. The van der Waals surface area contributed by atoms with Crippen LogP contribution >= 0.6 is 0 Å². The van der Waals surface area contributed by atoms with Crippen LogP contribution in [0.15, 0.2) is 22.6 Å². The van der Waals surface area contributed by atoms with E-state index < -0.39 is 23.4 Å². The largest absolute Gasteiger partial charge is 0.475 e. The van der Waals surface area contributed by atoms with Gasteiger partial charge in [-0.3, -0.25) is 0 Å². The van der Waals surface area contributed by atoms with Crippen LogP contribution in [0.5, 0.6) is 0 Å². The molecule has 0 fully saturated rings. The van der Waals surface area contributed by atoms with Crippen molar-refractivity contribution in [3.63, 3.8) is 0 Å². The minimum atomic E-state index is -1.54. The molecule has 0 unspecified atom stereocenters. The summed E-state index contributed by atoms with van der Waals surface area (Å²) in [5, 5.41) is 11.4. The molecule has 0 aliphatic rings. The molecule has 1 aromatic heterocycles. The molecule has 106 valence electrons. The summed E-state index contributed by atoms with van der Waals surface area (Å²) in [6, 6.07) is 3.09. The van der Waals surface area contributed by atoms with Gasteiger partial charge in [0.1, 0.15) is 5.76 Å². The molecule has 1 heterocycles. The Kier molecular flexibility index (Phi) is 3.69. The van der Waals surface area contributed by atoms with E-state index in [0.29, 0.717) is 5.56 Å². The van der Waals surface area contributed by atoms with Gasteiger partial charge in [0, 0.05) is 23.4 Å². The number of carboxylic acids is 1. The van der Waals surface area contributed by atoms with Gasteiger partial charge in [-0.05, 0) is 13.0 Å². The van der Waals surface area contributed by atoms with E-state index in [4.69, 9.17) is 9.52 Å². The van der Waals surface area contributed by atoms with Crippen molar-refractivity contribution in [3.8, 4) is 0 Å². The molecule has 4 nitrogen and oxygen atoms in total. The van der Waals surface area contributed by atoms with Crippen LogP contribution < -0.4 is 5.32 Å². The molecule has 0 radical (unpaired) electrons. The van der Waals surface area contributed by atoms with Crippen LogP contribution in [0.25, 0.3) is 0 Å². The van der Waals surface area contributed by atoms with Gasteiger partial charge < -0.3 is 14.8 Å². The number of benzene rings is 1. The van der Waals surface area contributed by atoms with Crippen molar-refractivity contribution in [2.75, 3.05) is 5.32 Å². The first-order chi connectivity index (χ1) is 9.38. The maximum Gasteiger partial charge on any atom is 0.372 e. The smallest absolute Gasteiger partial charge is 0.372 e. The molecular weight excluding hydrogens is 275 g/mol. The second-order valence-corrected chi connectivity index (χ2v) is 4.14. The van der Waals surface area contributed by atoms with Crippen LogP contribution in [0.1, 0.15) is 21.9 Å². The summed E-state index contributed by atoms with van der Waals surface area (Å²) >= 11 is 0. The zero-order chi connectivity index (χ0) is 14.9. The topological polar surface area (TPSA) is 62.5 Å². The summed E-state index contributed by atoms with van der Waals surface area (Å²) in [5.74, 6) is -5.28. The molecule has 7 heteroatoms. The fourth-order valence-corrected chi connectivity index (χ4v) is 1.69. The van der Waals surface area contributed by atoms with E-state index in [-0.39, 0.29) is 23.8 Å². The number of hydrogen-bond acceptors (Lipinski definition) is 3. The Morgan fingerprint density at radius 3 is 2.35 bits per heavy atom. The first-order valence-electron chi connectivity index (χ1n) is 5.59. The van der Waals surface area contributed by atoms with Crippen LogP contribution in [-0.4, -0.2) is 11.1 Å². The Morgan fingerprint density at radius 1 is 1.25 bits per heavy atom. The Balaban J connectivity index is 2.13. The van der Waals surface area contributed by atoms with Gasteiger partial charge in [0.05, 0.1) is 6.54 Å². The van der Waals surface area contributed by atoms with Gasteiger partial charge >= 0.3 is 5.97 Å². The first-order valence-corrected chi connectivity index (χ1v) is 5.59. The van der Waals surface area contributed by atoms with E-state index >= 15 is 0 Å². The molecule has 1 aromatic carbocycles. The summed E-state index contributed by atoms with van der Waals surface area (Å²) in [6.45, 7) is 1.58. The van der Waals surface area contributed by atoms with Crippen LogP contribution in [0, 0.1) is 24.4 Å². The zero-order valence-electron chi connectivity index (χ0n) is 10.3. The minimum Gasteiger partial charge on any atom is -0.475 e. The Labute approximate surface area is 111 Å². The highest BCUT2D eigenvalue weighted by Crippen LogP contribution is 2.19. The van der Waals surface area contributed by atoms with E-state index in [1.807, 2.05) is 0 Å². The molecule has 2 N–H and O–H groups in total. The van der Waals surface area contributed by atoms with Gasteiger partial charge in [-0.1, -0.05) is 0 Å². The molecule has 2 rings (SSSR count). The van der Waals surface area contributed by atoms with Gasteiger partial charge in [0.25, 0.3) is 0 Å². The number of carbonyl (C=O) groups is 1. The molecule has 0 atom stereocenters. The van der Waals surface area contributed by atoms with Gasteiger partial charge in [-0.15, -0.1) is 0 Å². The van der Waals surface area contributed by atoms with E-state index in [1.165, 1.54) is 6.07 Å². The molecule has 2 aromatic rings. The minimum absolute atomic E-state index is 0.0125. The van der Waals surface area contributed by atoms with Crippen molar-refractivity contribution in [1.29, 1.82) is 0 Å². The molecule has 0 amide bonds. The number of furan rings is 1. The second-order valence-electron chi connectivity index (χ2n) is 4.14. The van der Waals surface area contributed by atoms with Crippen LogP contribution in [0.4, 0.5) is 18.9 Å². The van der Waals surface area contributed by atoms with E-state index in [2.05, 4.69) is 5.32 Å². The van der Waals surface area contributed by atoms with Crippen molar-refractivity contribution in [2.24, 2.45) is 0 Å². The van der Waals surface area contributed by atoms with Gasteiger partial charge in [-0.2, -0.15) is 0 Å². The summed E-state index contributed by atoms with van der Waals surface area (Å²) in [6.07, 6.45) is 0. The summed E-state index contributed by atoms with van der Waals surface area (Å²) in [7, 11) is 0. The van der Waals surface area contributed by atoms with Crippen molar-refractivity contribution < 1.29 is 27.5 Å². The molecule has 0 aliphatic carbocycles. The molecule has 0 bridgehead atoms. The Hall–Kier alpha value is -2.44. The average molecular weight is 285 g/mol. The Morgan fingerprint density at radius 2 is 1.85 bits per heavy atom. The quantitative estimate of drug-likeness (QED) is 0.846. The predicted octanol–water partition coefficient (Wildman–Crippen LogP) is 3.32. The maximum atomic E-state index is 13.0. The number of carboxylic acid groups (broad SMARTS) is 1. The standard InChI is InChI=1S/C13H10F3NO3/c1-6-2-8(20-12(6)13(18)19)5-17-7-3-9(14)11(16)10(15)4-7/h2-4,17H,5H2,1H3,(H,18,19). The average Bonchev–Trinajstić information content (AvgIpc) is 2.75. The Bertz CT molecular complexity index is 644. The summed E-state index contributed by atoms with van der Waals surface area (Å²) in [5.41, 5.74) is 0.457. The highest BCUT2D eigenvalue weighted by molar-refractivity contribution is 5.86. The van der Waals surface area contributed by atoms with Crippen LogP contribution in [-0.2, 0) is 6.54 Å². The van der Waals surface area contributed by atoms with Gasteiger partial charge in [0.15, 0.2) is 17.5 Å². The number of rotatable bonds is 4. The summed E-state index contributed by atoms with van der Waals surface area (Å²) in [4.78, 5) is 10.8. The molecular formula is C13H10F3NO3. The second kappa shape index (κ2) is 5.28. The monoisotopic (exact) mass is 285 g/mol. The number of aryl methyl sites for hydroxylation is 1. The maximum absolute atomic E-state index is 13.0. The van der Waals surface area contributed by atoms with Crippen molar-refractivity contribution in [3.05, 3.63) is 52.7 Å². The first kappa shape index (κ1) is 14.0. The third kappa shape index (κ3) is 2.76. The molecule has 0 saturated carbocycles. The number of aromatic carboxylic acids is 1. The predicted molar refractivity (Wildman–Crippen MR) is 64.0 cm³/mol. The van der Waals surface area contributed by atoms with Crippen molar-refractivity contribution in [1.82, 2.24) is 0 Å². The number of nitrogens with one attached hydrogen (secondary N) is 1. The zero-order valence-corrected chi connectivity index (χ0v) is 10.3. The molecule has 0 aliphatic heterocycles. The lowest BCUT2D eigenvalue weighted by atomic mass is 10.2. The van der Waals surface area contributed by atoms with E-state index in [9.17, 15) is 18.0 Å². The van der Waals surface area contributed by atoms with Crippen LogP contribution in [0.3, 0.4) is 0 Å². The van der Waals surface area contributed by atoms with E-state index in [0.717, 1.165) is 12.1 Å². The molecule has 0 saturated heterocycles. The molecule has 20 heavy (non-hydrogen) atoms. The number of anilines is 1. The van der Waals surface area contributed by atoms with Crippen molar-refractivity contribution >= 4 is 11.7 Å². The van der Waals surface area contributed by atoms with Crippen molar-refractivity contribution in [2.45, 2.75) is 13.5 Å². The SMILES string of the molecule is Cc1cc(CNc2cc(F)c(F)c(F)c2)oc1C(=O)O. The molecule has 0 spiro atoms. The summed E-state index contributed by atoms with van der Waals surface area (Å²) < 4.78 is 43.8. The third-order valence-corrected chi connectivity index (χ3v) is 2.61. The van der Waals surface area contributed by atoms with Gasteiger partial charge in [0.2, 0.25) is 5.76 Å². The lowest BCUT2D eigenvalue weighted by molar-refractivity contribution is 0.0659. The third-order valence-electron chi connectivity index (χ3n) is 2.61. The lowest BCUT2D eigenvalue weighted by Gasteiger charge is -2.05. The van der Waals surface area contributed by atoms with Crippen LogP contribution in [0.2, 0.25) is 0 Å². The lowest BCUT2D eigenvalue weighted by Crippen LogP contribution is -2.01. The number of hydrogen-bond donors (Lipinski definition) is 2. The fraction of sp³-hybridized carbons (Fsp3) is 0.154. The normalized spacial score (nSPS) is 10.6.